The summed E-state index contributed by atoms with van der Waals surface area (Å²) in [7, 11) is 0. The Morgan fingerprint density at radius 1 is 0.955 bits per heavy atom. The third kappa shape index (κ3) is 3.47. The highest BCUT2D eigenvalue weighted by Gasteiger charge is 2.40. The number of fused-ring (bicyclic) bond motifs is 2. The Morgan fingerprint density at radius 2 is 1.59 bits per heavy atom. The second-order valence-electron chi connectivity index (χ2n) is 7.47. The molecule has 0 aromatic rings. The van der Waals surface area contributed by atoms with E-state index < -0.39 is 0 Å². The van der Waals surface area contributed by atoms with Crippen LogP contribution in [-0.4, -0.2) is 36.5 Å². The van der Waals surface area contributed by atoms with Gasteiger partial charge in [0.2, 0.25) is 5.91 Å². The fourth-order valence-electron chi connectivity index (χ4n) is 4.80. The number of carbonyl (C=O) groups is 2. The zero-order valence-corrected chi connectivity index (χ0v) is 13.8. The van der Waals surface area contributed by atoms with Crippen molar-refractivity contribution in [1.82, 2.24) is 4.90 Å². The maximum absolute atomic E-state index is 12.7. The Hall–Kier alpha value is -1.06. The molecule has 1 unspecified atom stereocenters. The van der Waals surface area contributed by atoms with Gasteiger partial charge < -0.3 is 9.64 Å². The number of carbonyl (C=O) groups excluding carboxylic acids is 2. The van der Waals surface area contributed by atoms with Crippen LogP contribution in [0.1, 0.15) is 58.3 Å². The first-order valence-electron chi connectivity index (χ1n) is 9.12. The summed E-state index contributed by atoms with van der Waals surface area (Å²) < 4.78 is 5.20. The van der Waals surface area contributed by atoms with Crippen LogP contribution in [0.2, 0.25) is 0 Å². The number of amides is 1. The zero-order chi connectivity index (χ0) is 15.5. The molecule has 0 radical (unpaired) electrons. The van der Waals surface area contributed by atoms with Crippen molar-refractivity contribution in [1.29, 1.82) is 0 Å². The molecule has 4 heteroatoms. The first-order valence-corrected chi connectivity index (χ1v) is 9.12. The van der Waals surface area contributed by atoms with Gasteiger partial charge in [0.25, 0.3) is 0 Å². The van der Waals surface area contributed by atoms with Gasteiger partial charge in [-0.25, -0.2) is 0 Å². The number of hydrogen-bond donors (Lipinski definition) is 0. The average Bonchev–Trinajstić information content (AvgIpc) is 2.54. The Kier molecular flexibility index (Phi) is 5.04. The number of esters is 1. The normalized spacial score (nSPS) is 32.6. The molecule has 2 bridgehead atoms. The lowest BCUT2D eigenvalue weighted by atomic mass is 9.72. The van der Waals surface area contributed by atoms with E-state index in [1.165, 1.54) is 25.7 Å². The molecule has 0 aromatic heterocycles. The van der Waals surface area contributed by atoms with Crippen molar-refractivity contribution >= 4 is 11.9 Å². The molecule has 1 heterocycles. The minimum Gasteiger partial charge on any atom is -0.466 e. The molecule has 2 aliphatic carbocycles. The molecule has 0 spiro atoms. The highest BCUT2D eigenvalue weighted by atomic mass is 16.5. The van der Waals surface area contributed by atoms with E-state index in [0.717, 1.165) is 38.8 Å². The molecule has 124 valence electrons. The second-order valence-corrected chi connectivity index (χ2v) is 7.47. The van der Waals surface area contributed by atoms with Crippen LogP contribution >= 0.6 is 0 Å². The standard InChI is InChI=1S/C18H29NO3/c1-2-22-18(21)16-9-13-8-14(10-16)12-19(11-13)17(20)15-6-4-3-5-7-15/h13-16H,2-12H2,1H3/t13-,14+,16?. The SMILES string of the molecule is CCOC(=O)C1C[C@@H]2C[C@H](C1)CN(C(=O)C1CCCCC1)C2. The molecule has 4 nitrogen and oxygen atoms in total. The lowest BCUT2D eigenvalue weighted by molar-refractivity contribution is -0.152. The summed E-state index contributed by atoms with van der Waals surface area (Å²) in [6.07, 6.45) is 8.87. The van der Waals surface area contributed by atoms with Crippen LogP contribution in [0.4, 0.5) is 0 Å². The monoisotopic (exact) mass is 307 g/mol. The van der Waals surface area contributed by atoms with Gasteiger partial charge in [0.15, 0.2) is 0 Å². The first kappa shape index (κ1) is 15.8. The summed E-state index contributed by atoms with van der Waals surface area (Å²) in [5, 5.41) is 0. The van der Waals surface area contributed by atoms with E-state index in [4.69, 9.17) is 4.74 Å². The summed E-state index contributed by atoms with van der Waals surface area (Å²) in [5.74, 6) is 1.70. The number of ether oxygens (including phenoxy) is 1. The highest BCUT2D eigenvalue weighted by Crippen LogP contribution is 2.39. The summed E-state index contributed by atoms with van der Waals surface area (Å²) in [4.78, 5) is 26.8. The summed E-state index contributed by atoms with van der Waals surface area (Å²) >= 11 is 0. The predicted octanol–water partition coefficient (Wildman–Crippen LogP) is 3.00. The van der Waals surface area contributed by atoms with Crippen LogP contribution in [0.25, 0.3) is 0 Å². The smallest absolute Gasteiger partial charge is 0.308 e. The molecule has 3 aliphatic rings. The highest BCUT2D eigenvalue weighted by molar-refractivity contribution is 5.79. The van der Waals surface area contributed by atoms with Crippen molar-refractivity contribution in [2.45, 2.75) is 58.3 Å². The van der Waals surface area contributed by atoms with Crippen LogP contribution < -0.4 is 0 Å². The molecular formula is C18H29NO3. The van der Waals surface area contributed by atoms with E-state index in [1.54, 1.807) is 0 Å². The molecule has 0 aromatic carbocycles. The van der Waals surface area contributed by atoms with Gasteiger partial charge in [0.05, 0.1) is 12.5 Å². The quantitative estimate of drug-likeness (QED) is 0.753. The largest absolute Gasteiger partial charge is 0.466 e. The summed E-state index contributed by atoms with van der Waals surface area (Å²) in [6.45, 7) is 4.06. The molecule has 1 saturated heterocycles. The van der Waals surface area contributed by atoms with Gasteiger partial charge in [0.1, 0.15) is 0 Å². The third-order valence-corrected chi connectivity index (χ3v) is 5.75. The second kappa shape index (κ2) is 7.01. The van der Waals surface area contributed by atoms with E-state index in [1.807, 2.05) is 6.92 Å². The Labute approximate surface area is 133 Å². The van der Waals surface area contributed by atoms with E-state index in [2.05, 4.69) is 4.90 Å². The fraction of sp³-hybridized carbons (Fsp3) is 0.889. The number of likely N-dealkylation sites (tertiary alicyclic amines) is 1. The Bertz CT molecular complexity index is 403. The molecule has 1 aliphatic heterocycles. The predicted molar refractivity (Wildman–Crippen MR) is 84.1 cm³/mol. The minimum absolute atomic E-state index is 0.0238. The maximum atomic E-state index is 12.7. The summed E-state index contributed by atoms with van der Waals surface area (Å²) in [6, 6.07) is 0. The number of nitrogens with zero attached hydrogens (tertiary/aromatic N) is 1. The lowest BCUT2D eigenvalue weighted by Crippen LogP contribution is -2.50. The number of piperidine rings is 1. The third-order valence-electron chi connectivity index (χ3n) is 5.75. The van der Waals surface area contributed by atoms with E-state index in [-0.39, 0.29) is 17.8 Å². The van der Waals surface area contributed by atoms with Gasteiger partial charge in [-0.2, -0.15) is 0 Å². The molecule has 3 rings (SSSR count). The van der Waals surface area contributed by atoms with Crippen molar-refractivity contribution < 1.29 is 14.3 Å². The van der Waals surface area contributed by atoms with E-state index >= 15 is 0 Å². The van der Waals surface area contributed by atoms with Crippen molar-refractivity contribution in [3.8, 4) is 0 Å². The van der Waals surface area contributed by atoms with Gasteiger partial charge in [-0.15, -0.1) is 0 Å². The van der Waals surface area contributed by atoms with Crippen LogP contribution in [0.15, 0.2) is 0 Å². The van der Waals surface area contributed by atoms with E-state index in [9.17, 15) is 9.59 Å². The van der Waals surface area contributed by atoms with Gasteiger partial charge in [0, 0.05) is 19.0 Å². The molecule has 1 amide bonds. The van der Waals surface area contributed by atoms with Crippen LogP contribution in [0, 0.1) is 23.7 Å². The minimum atomic E-state index is -0.0238. The molecule has 3 atom stereocenters. The van der Waals surface area contributed by atoms with Gasteiger partial charge >= 0.3 is 5.97 Å². The summed E-state index contributed by atoms with van der Waals surface area (Å²) in [5.41, 5.74) is 0. The zero-order valence-electron chi connectivity index (χ0n) is 13.8. The molecule has 3 fully saturated rings. The van der Waals surface area contributed by atoms with Crippen molar-refractivity contribution in [3.05, 3.63) is 0 Å². The Morgan fingerprint density at radius 3 is 2.18 bits per heavy atom. The van der Waals surface area contributed by atoms with Crippen molar-refractivity contribution in [2.75, 3.05) is 19.7 Å². The first-order chi connectivity index (χ1) is 10.7. The van der Waals surface area contributed by atoms with Crippen LogP contribution in [0.5, 0.6) is 0 Å². The molecular weight excluding hydrogens is 278 g/mol. The average molecular weight is 307 g/mol. The van der Waals surface area contributed by atoms with Gasteiger partial charge in [-0.05, 0) is 50.9 Å². The molecule has 2 saturated carbocycles. The maximum Gasteiger partial charge on any atom is 0.308 e. The fourth-order valence-corrected chi connectivity index (χ4v) is 4.80. The topological polar surface area (TPSA) is 46.6 Å². The van der Waals surface area contributed by atoms with Crippen LogP contribution in [-0.2, 0) is 14.3 Å². The molecule has 22 heavy (non-hydrogen) atoms. The molecule has 0 N–H and O–H groups in total. The van der Waals surface area contributed by atoms with Gasteiger partial charge in [-0.3, -0.25) is 9.59 Å². The van der Waals surface area contributed by atoms with Gasteiger partial charge in [-0.1, -0.05) is 19.3 Å². The number of hydrogen-bond acceptors (Lipinski definition) is 3. The van der Waals surface area contributed by atoms with E-state index in [0.29, 0.717) is 24.3 Å². The van der Waals surface area contributed by atoms with Crippen LogP contribution in [0.3, 0.4) is 0 Å². The Balaban J connectivity index is 1.57. The van der Waals surface area contributed by atoms with Crippen molar-refractivity contribution in [3.63, 3.8) is 0 Å². The van der Waals surface area contributed by atoms with Crippen molar-refractivity contribution in [2.24, 2.45) is 23.7 Å². The number of rotatable bonds is 3. The lowest BCUT2D eigenvalue weighted by Gasteiger charge is -2.44.